The van der Waals surface area contributed by atoms with E-state index >= 15 is 0 Å². The third-order valence-electron chi connectivity index (χ3n) is 4.84. The van der Waals surface area contributed by atoms with Crippen molar-refractivity contribution >= 4 is 54.9 Å². The van der Waals surface area contributed by atoms with Gasteiger partial charge in [0.25, 0.3) is 0 Å². The molecule has 0 amide bonds. The lowest BCUT2D eigenvalue weighted by atomic mass is 10.1. The Morgan fingerprint density at radius 2 is 1.56 bits per heavy atom. The van der Waals surface area contributed by atoms with Gasteiger partial charge in [-0.25, -0.2) is 8.42 Å². The van der Waals surface area contributed by atoms with Crippen LogP contribution in [0.25, 0.3) is 0 Å². The lowest BCUT2D eigenvalue weighted by Crippen LogP contribution is -2.08. The maximum atomic E-state index is 13.6. The lowest BCUT2D eigenvalue weighted by Gasteiger charge is -2.10. The summed E-state index contributed by atoms with van der Waals surface area (Å²) < 4.78 is 27.1. The number of carbonyl (C=O) groups is 1. The Bertz CT molecular complexity index is 1380. The van der Waals surface area contributed by atoms with Gasteiger partial charge in [0.05, 0.1) is 10.6 Å². The number of nitrogens with two attached hydrogens (primary N) is 1. The molecule has 0 atom stereocenters. The van der Waals surface area contributed by atoms with Crippen molar-refractivity contribution in [1.29, 1.82) is 0 Å². The van der Waals surface area contributed by atoms with Gasteiger partial charge in [-0.05, 0) is 43.3 Å². The average molecular weight is 483 g/mol. The molecule has 0 aliphatic heterocycles. The van der Waals surface area contributed by atoms with Crippen LogP contribution in [0.3, 0.4) is 0 Å². The standard InChI is InChI=1S/C24H19ClN2O3S2/c1-15-7-13-19(14-8-15)32(29,30)23-20(26)22(21(28)16-5-3-2-4-6-16)31-24(23)27-18-11-9-17(25)10-12-18/h2-14,27H,26H2,1H3. The number of thiophene rings is 1. The van der Waals surface area contributed by atoms with Crippen LogP contribution in [0.5, 0.6) is 0 Å². The number of hydrogen-bond donors (Lipinski definition) is 2. The zero-order valence-corrected chi connectivity index (χ0v) is 19.4. The highest BCUT2D eigenvalue weighted by Gasteiger charge is 2.31. The summed E-state index contributed by atoms with van der Waals surface area (Å²) in [7, 11) is -4.00. The lowest BCUT2D eigenvalue weighted by molar-refractivity contribution is 0.104. The zero-order valence-electron chi connectivity index (χ0n) is 17.0. The molecule has 0 aliphatic rings. The summed E-state index contributed by atoms with van der Waals surface area (Å²) in [6, 6.07) is 21.9. The molecule has 0 unspecified atom stereocenters. The van der Waals surface area contributed by atoms with E-state index in [1.54, 1.807) is 66.7 Å². The largest absolute Gasteiger partial charge is 0.396 e. The van der Waals surface area contributed by atoms with Gasteiger partial charge in [0.2, 0.25) is 15.6 Å². The Balaban J connectivity index is 1.88. The van der Waals surface area contributed by atoms with Crippen molar-refractivity contribution in [3.8, 4) is 0 Å². The van der Waals surface area contributed by atoms with E-state index in [4.69, 9.17) is 17.3 Å². The number of carbonyl (C=O) groups excluding carboxylic acids is 1. The Labute approximate surface area is 195 Å². The van der Waals surface area contributed by atoms with Crippen LogP contribution < -0.4 is 11.1 Å². The van der Waals surface area contributed by atoms with Crippen molar-refractivity contribution < 1.29 is 13.2 Å². The number of hydrogen-bond acceptors (Lipinski definition) is 6. The molecule has 0 fully saturated rings. The molecule has 0 bridgehead atoms. The van der Waals surface area contributed by atoms with Gasteiger partial charge in [-0.15, -0.1) is 11.3 Å². The van der Waals surface area contributed by atoms with Gasteiger partial charge in [-0.2, -0.15) is 0 Å². The summed E-state index contributed by atoms with van der Waals surface area (Å²) in [6.45, 7) is 1.87. The van der Waals surface area contributed by atoms with Crippen LogP contribution in [0.4, 0.5) is 16.4 Å². The van der Waals surface area contributed by atoms with Gasteiger partial charge in [0.1, 0.15) is 14.8 Å². The fraction of sp³-hybridized carbons (Fsp3) is 0.0417. The predicted octanol–water partition coefficient (Wildman–Crippen LogP) is 6.10. The molecule has 1 heterocycles. The van der Waals surface area contributed by atoms with Crippen molar-refractivity contribution in [2.24, 2.45) is 0 Å². The molecule has 8 heteroatoms. The second kappa shape index (κ2) is 8.78. The summed E-state index contributed by atoms with van der Waals surface area (Å²) in [5.74, 6) is -0.336. The molecular formula is C24H19ClN2O3S2. The summed E-state index contributed by atoms with van der Waals surface area (Å²) in [4.78, 5) is 13.3. The number of anilines is 3. The van der Waals surface area contributed by atoms with Gasteiger partial charge in [-0.3, -0.25) is 4.79 Å². The number of halogens is 1. The van der Waals surface area contributed by atoms with E-state index in [9.17, 15) is 13.2 Å². The Hall–Kier alpha value is -3.13. The molecule has 4 aromatic rings. The highest BCUT2D eigenvalue weighted by atomic mass is 35.5. The number of rotatable bonds is 6. The Morgan fingerprint density at radius 1 is 0.938 bits per heavy atom. The minimum absolute atomic E-state index is 0.0686. The molecule has 5 nitrogen and oxygen atoms in total. The number of sulfone groups is 1. The first-order chi connectivity index (χ1) is 15.3. The number of benzene rings is 3. The van der Waals surface area contributed by atoms with E-state index in [-0.39, 0.29) is 31.1 Å². The molecule has 0 spiro atoms. The van der Waals surface area contributed by atoms with Crippen LogP contribution in [-0.2, 0) is 9.84 Å². The molecule has 3 N–H and O–H groups in total. The molecule has 0 aliphatic carbocycles. The van der Waals surface area contributed by atoms with Crippen molar-refractivity contribution in [2.45, 2.75) is 16.7 Å². The first-order valence-electron chi connectivity index (χ1n) is 9.64. The van der Waals surface area contributed by atoms with Crippen molar-refractivity contribution in [2.75, 3.05) is 11.1 Å². The van der Waals surface area contributed by atoms with Crippen molar-refractivity contribution in [3.63, 3.8) is 0 Å². The first kappa shape index (κ1) is 22.1. The Morgan fingerprint density at radius 3 is 2.19 bits per heavy atom. The maximum absolute atomic E-state index is 13.6. The zero-order chi connectivity index (χ0) is 22.9. The number of nitrogen functional groups attached to an aromatic ring is 1. The fourth-order valence-corrected chi connectivity index (χ4v) is 6.23. The number of aryl methyl sites for hydroxylation is 1. The van der Waals surface area contributed by atoms with Gasteiger partial charge < -0.3 is 11.1 Å². The molecule has 0 saturated heterocycles. The minimum atomic E-state index is -4.00. The predicted molar refractivity (Wildman–Crippen MR) is 130 cm³/mol. The summed E-state index contributed by atoms with van der Waals surface area (Å²) in [6.07, 6.45) is 0. The SMILES string of the molecule is Cc1ccc(S(=O)(=O)c2c(Nc3ccc(Cl)cc3)sc(C(=O)c3ccccc3)c2N)cc1. The van der Waals surface area contributed by atoms with Crippen molar-refractivity contribution in [3.05, 3.63) is 99.9 Å². The van der Waals surface area contributed by atoms with Crippen LogP contribution in [0.2, 0.25) is 5.02 Å². The second-order valence-corrected chi connectivity index (χ2v) is 10.5. The molecule has 3 aromatic carbocycles. The van der Waals surface area contributed by atoms with Gasteiger partial charge >= 0.3 is 0 Å². The monoisotopic (exact) mass is 482 g/mol. The third-order valence-corrected chi connectivity index (χ3v) is 8.20. The summed E-state index contributed by atoms with van der Waals surface area (Å²) in [5, 5.41) is 3.92. The molecular weight excluding hydrogens is 464 g/mol. The van der Waals surface area contributed by atoms with Crippen LogP contribution >= 0.6 is 22.9 Å². The second-order valence-electron chi connectivity index (χ2n) is 7.15. The molecule has 1 aromatic heterocycles. The van der Waals surface area contributed by atoms with E-state index < -0.39 is 9.84 Å². The van der Waals surface area contributed by atoms with Crippen LogP contribution in [-0.4, -0.2) is 14.2 Å². The van der Waals surface area contributed by atoms with E-state index in [2.05, 4.69) is 5.32 Å². The van der Waals surface area contributed by atoms with E-state index in [0.29, 0.717) is 16.3 Å². The van der Waals surface area contributed by atoms with Crippen LogP contribution in [0.1, 0.15) is 20.8 Å². The van der Waals surface area contributed by atoms with E-state index in [1.807, 2.05) is 6.92 Å². The van der Waals surface area contributed by atoms with Crippen LogP contribution in [0.15, 0.2) is 88.7 Å². The molecule has 4 rings (SSSR count). The van der Waals surface area contributed by atoms with E-state index in [0.717, 1.165) is 16.9 Å². The third kappa shape index (κ3) is 4.27. The topological polar surface area (TPSA) is 89.3 Å². The highest BCUT2D eigenvalue weighted by Crippen LogP contribution is 2.44. The Kier molecular flexibility index (Phi) is 6.06. The molecule has 0 radical (unpaired) electrons. The smallest absolute Gasteiger partial charge is 0.211 e. The quantitative estimate of drug-likeness (QED) is 0.324. The first-order valence-corrected chi connectivity index (χ1v) is 12.3. The molecule has 0 saturated carbocycles. The van der Waals surface area contributed by atoms with E-state index in [1.165, 1.54) is 12.1 Å². The minimum Gasteiger partial charge on any atom is -0.396 e. The summed E-state index contributed by atoms with van der Waals surface area (Å²) in [5.41, 5.74) is 8.23. The fourth-order valence-electron chi connectivity index (χ4n) is 3.17. The number of ketones is 1. The van der Waals surface area contributed by atoms with Gasteiger partial charge in [-0.1, -0.05) is 59.6 Å². The average Bonchev–Trinajstić information content (AvgIpc) is 3.12. The number of nitrogens with one attached hydrogen (secondary N) is 1. The summed E-state index contributed by atoms with van der Waals surface area (Å²) >= 11 is 6.98. The van der Waals surface area contributed by atoms with Crippen LogP contribution in [0, 0.1) is 6.92 Å². The highest BCUT2D eigenvalue weighted by molar-refractivity contribution is 7.92. The molecule has 32 heavy (non-hydrogen) atoms. The van der Waals surface area contributed by atoms with Gasteiger partial charge in [0, 0.05) is 16.3 Å². The molecule has 162 valence electrons. The van der Waals surface area contributed by atoms with Crippen molar-refractivity contribution in [1.82, 2.24) is 0 Å². The normalized spacial score (nSPS) is 11.3. The van der Waals surface area contributed by atoms with Gasteiger partial charge in [0.15, 0.2) is 0 Å². The maximum Gasteiger partial charge on any atom is 0.211 e.